The summed E-state index contributed by atoms with van der Waals surface area (Å²) in [5, 5.41) is 0. The number of imidazole rings is 1. The number of fused-ring (bicyclic) bond motifs is 1. The van der Waals surface area contributed by atoms with Crippen LogP contribution in [0.3, 0.4) is 0 Å². The number of nitrogens with zero attached hydrogens (tertiary/aromatic N) is 3. The smallest absolute Gasteiger partial charge is 0.160 e. The van der Waals surface area contributed by atoms with Crippen LogP contribution >= 0.6 is 15.9 Å². The third-order valence-corrected chi connectivity index (χ3v) is 3.71. The van der Waals surface area contributed by atoms with Gasteiger partial charge in [-0.2, -0.15) is 0 Å². The number of benzene rings is 1. The molecule has 0 atom stereocenters. The first-order valence-corrected chi connectivity index (χ1v) is 7.25. The molecule has 0 fully saturated rings. The molecule has 2 N–H and O–H groups in total. The molecule has 0 aliphatic heterocycles. The predicted molar refractivity (Wildman–Crippen MR) is 85.5 cm³/mol. The third-order valence-electron chi connectivity index (χ3n) is 3.22. The van der Waals surface area contributed by atoms with Crippen LogP contribution in [0, 0.1) is 0 Å². The van der Waals surface area contributed by atoms with Gasteiger partial charge in [-0.15, -0.1) is 0 Å². The minimum atomic E-state index is 0.257. The molecule has 0 aliphatic rings. The van der Waals surface area contributed by atoms with Crippen LogP contribution in [0.2, 0.25) is 0 Å². The predicted octanol–water partition coefficient (Wildman–Crippen LogP) is 4.02. The van der Waals surface area contributed by atoms with Gasteiger partial charge >= 0.3 is 0 Å². The fraction of sp³-hybridized carbons (Fsp3) is 0.200. The topological polar surface area (TPSA) is 56.7 Å². The summed E-state index contributed by atoms with van der Waals surface area (Å²) in [6.45, 7) is 4.24. The second kappa shape index (κ2) is 4.90. The van der Waals surface area contributed by atoms with E-state index in [1.54, 1.807) is 6.20 Å². The Morgan fingerprint density at radius 3 is 2.75 bits per heavy atom. The lowest BCUT2D eigenvalue weighted by atomic mass is 10.1. The first-order valence-electron chi connectivity index (χ1n) is 6.46. The van der Waals surface area contributed by atoms with Crippen molar-refractivity contribution in [3.05, 3.63) is 41.0 Å². The van der Waals surface area contributed by atoms with Crippen molar-refractivity contribution in [2.24, 2.45) is 0 Å². The van der Waals surface area contributed by atoms with Crippen LogP contribution in [0.1, 0.15) is 19.9 Å². The molecule has 3 aromatic rings. The highest BCUT2D eigenvalue weighted by atomic mass is 79.9. The summed E-state index contributed by atoms with van der Waals surface area (Å²) < 4.78 is 3.08. The number of aromatic nitrogens is 3. The number of pyridine rings is 1. The Morgan fingerprint density at radius 1 is 1.25 bits per heavy atom. The van der Waals surface area contributed by atoms with Gasteiger partial charge in [-0.1, -0.05) is 15.9 Å². The fourth-order valence-corrected chi connectivity index (χ4v) is 2.72. The molecule has 0 unspecified atom stereocenters. The average molecular weight is 331 g/mol. The number of anilines is 1. The lowest BCUT2D eigenvalue weighted by Crippen LogP contribution is -2.05. The molecule has 0 bridgehead atoms. The standard InChI is InChI=1S/C15H15BrN4/c1-9(2)20-14(11-6-5-10(16)8-12(11)17)19-13-4-3-7-18-15(13)20/h3-9H,17H2,1-2H3. The molecule has 102 valence electrons. The van der Waals surface area contributed by atoms with Gasteiger partial charge < -0.3 is 10.3 Å². The zero-order valence-corrected chi connectivity index (χ0v) is 12.9. The van der Waals surface area contributed by atoms with Gasteiger partial charge in [-0.05, 0) is 44.2 Å². The monoisotopic (exact) mass is 330 g/mol. The van der Waals surface area contributed by atoms with Crippen LogP contribution in [0.25, 0.3) is 22.6 Å². The molecule has 2 aromatic heterocycles. The Hall–Kier alpha value is -1.88. The van der Waals surface area contributed by atoms with E-state index in [1.165, 1.54) is 0 Å². The SMILES string of the molecule is CC(C)n1c(-c2ccc(Br)cc2N)nc2cccnc21. The van der Waals surface area contributed by atoms with E-state index in [2.05, 4.69) is 39.3 Å². The summed E-state index contributed by atoms with van der Waals surface area (Å²) in [6.07, 6.45) is 1.79. The van der Waals surface area contributed by atoms with Crippen molar-refractivity contribution in [3.63, 3.8) is 0 Å². The molecule has 5 heteroatoms. The number of nitrogen functional groups attached to an aromatic ring is 1. The van der Waals surface area contributed by atoms with Gasteiger partial charge in [0.2, 0.25) is 0 Å². The van der Waals surface area contributed by atoms with Crippen molar-refractivity contribution >= 4 is 32.8 Å². The van der Waals surface area contributed by atoms with Gasteiger partial charge in [-0.25, -0.2) is 9.97 Å². The first-order chi connectivity index (χ1) is 9.58. The van der Waals surface area contributed by atoms with Crippen molar-refractivity contribution < 1.29 is 0 Å². The Balaban J connectivity index is 2.32. The Kier molecular flexibility index (Phi) is 3.22. The van der Waals surface area contributed by atoms with Crippen LogP contribution in [0.15, 0.2) is 41.0 Å². The fourth-order valence-electron chi connectivity index (χ4n) is 2.35. The number of rotatable bonds is 2. The molecule has 3 rings (SSSR count). The highest BCUT2D eigenvalue weighted by Crippen LogP contribution is 2.32. The lowest BCUT2D eigenvalue weighted by molar-refractivity contribution is 0.620. The molecule has 4 nitrogen and oxygen atoms in total. The number of nitrogens with two attached hydrogens (primary N) is 1. The van der Waals surface area contributed by atoms with Crippen LogP contribution in [-0.4, -0.2) is 14.5 Å². The van der Waals surface area contributed by atoms with Gasteiger partial charge in [0.1, 0.15) is 11.3 Å². The molecule has 0 amide bonds. The lowest BCUT2D eigenvalue weighted by Gasteiger charge is -2.13. The van der Waals surface area contributed by atoms with Crippen molar-refractivity contribution in [3.8, 4) is 11.4 Å². The van der Waals surface area contributed by atoms with E-state index in [1.807, 2.05) is 30.3 Å². The van der Waals surface area contributed by atoms with E-state index < -0.39 is 0 Å². The van der Waals surface area contributed by atoms with Crippen LogP contribution in [0.5, 0.6) is 0 Å². The van der Waals surface area contributed by atoms with Crippen LogP contribution in [-0.2, 0) is 0 Å². The maximum absolute atomic E-state index is 6.14. The zero-order chi connectivity index (χ0) is 14.3. The van der Waals surface area contributed by atoms with Crippen molar-refractivity contribution in [1.82, 2.24) is 14.5 Å². The molecule has 1 aromatic carbocycles. The van der Waals surface area contributed by atoms with Gasteiger partial charge in [0.25, 0.3) is 0 Å². The van der Waals surface area contributed by atoms with Gasteiger partial charge in [-0.3, -0.25) is 0 Å². The van der Waals surface area contributed by atoms with E-state index in [9.17, 15) is 0 Å². The van der Waals surface area contributed by atoms with Crippen molar-refractivity contribution in [1.29, 1.82) is 0 Å². The highest BCUT2D eigenvalue weighted by molar-refractivity contribution is 9.10. The number of hydrogen-bond acceptors (Lipinski definition) is 3. The van der Waals surface area contributed by atoms with E-state index >= 15 is 0 Å². The van der Waals surface area contributed by atoms with E-state index in [4.69, 9.17) is 10.7 Å². The molecule has 20 heavy (non-hydrogen) atoms. The molecule has 0 saturated heterocycles. The maximum Gasteiger partial charge on any atom is 0.160 e. The first kappa shape index (κ1) is 13.1. The van der Waals surface area contributed by atoms with Crippen LogP contribution in [0.4, 0.5) is 5.69 Å². The molecule has 0 radical (unpaired) electrons. The molecule has 2 heterocycles. The molecular formula is C15H15BrN4. The quantitative estimate of drug-likeness (QED) is 0.722. The van der Waals surface area contributed by atoms with E-state index in [0.29, 0.717) is 5.69 Å². The molecule has 0 spiro atoms. The van der Waals surface area contributed by atoms with E-state index in [-0.39, 0.29) is 6.04 Å². The minimum absolute atomic E-state index is 0.257. The Morgan fingerprint density at radius 2 is 2.05 bits per heavy atom. The minimum Gasteiger partial charge on any atom is -0.398 e. The summed E-state index contributed by atoms with van der Waals surface area (Å²) in [7, 11) is 0. The van der Waals surface area contributed by atoms with Crippen molar-refractivity contribution in [2.75, 3.05) is 5.73 Å². The highest BCUT2D eigenvalue weighted by Gasteiger charge is 2.17. The molecular weight excluding hydrogens is 316 g/mol. The molecule has 0 saturated carbocycles. The van der Waals surface area contributed by atoms with Crippen molar-refractivity contribution in [2.45, 2.75) is 19.9 Å². The van der Waals surface area contributed by atoms with Gasteiger partial charge in [0.05, 0.1) is 0 Å². The zero-order valence-electron chi connectivity index (χ0n) is 11.3. The molecule has 0 aliphatic carbocycles. The van der Waals surface area contributed by atoms with E-state index in [0.717, 1.165) is 27.0 Å². The summed E-state index contributed by atoms with van der Waals surface area (Å²) >= 11 is 3.43. The largest absolute Gasteiger partial charge is 0.398 e. The van der Waals surface area contributed by atoms with Gasteiger partial charge in [0.15, 0.2) is 5.65 Å². The summed E-state index contributed by atoms with van der Waals surface area (Å²) in [5.41, 5.74) is 9.55. The summed E-state index contributed by atoms with van der Waals surface area (Å²) in [6, 6.07) is 9.98. The maximum atomic E-state index is 6.14. The third kappa shape index (κ3) is 2.08. The number of hydrogen-bond donors (Lipinski definition) is 1. The normalized spacial score (nSPS) is 11.4. The Bertz CT molecular complexity index is 777. The summed E-state index contributed by atoms with van der Waals surface area (Å²) in [5.74, 6) is 0.860. The summed E-state index contributed by atoms with van der Waals surface area (Å²) in [4.78, 5) is 9.15. The second-order valence-electron chi connectivity index (χ2n) is 4.98. The number of halogens is 1. The van der Waals surface area contributed by atoms with Gasteiger partial charge in [0, 0.05) is 28.0 Å². The second-order valence-corrected chi connectivity index (χ2v) is 5.89. The average Bonchev–Trinajstić information content (AvgIpc) is 2.77. The Labute approximate surface area is 125 Å². The van der Waals surface area contributed by atoms with Crippen LogP contribution < -0.4 is 5.73 Å².